The summed E-state index contributed by atoms with van der Waals surface area (Å²) in [6.45, 7) is 13.4. The van der Waals surface area contributed by atoms with Gasteiger partial charge in [0, 0.05) is 0 Å². The van der Waals surface area contributed by atoms with Crippen LogP contribution in [0.25, 0.3) is 32.7 Å². The van der Waals surface area contributed by atoms with Crippen molar-refractivity contribution in [1.82, 2.24) is 0 Å². The molecule has 40 heavy (non-hydrogen) atoms. The van der Waals surface area contributed by atoms with Gasteiger partial charge in [0.15, 0.2) is 0 Å². The van der Waals surface area contributed by atoms with Crippen LogP contribution in [0.1, 0.15) is 61.8 Å². The largest absolute Gasteiger partial charge is 4.00 e. The van der Waals surface area contributed by atoms with Gasteiger partial charge in [-0.3, -0.25) is 0 Å². The number of halogens is 6. The molecular formula is C32H34F6Zr2. The van der Waals surface area contributed by atoms with Crippen LogP contribution in [0.2, 0.25) is 0 Å². The third-order valence-electron chi connectivity index (χ3n) is 6.29. The van der Waals surface area contributed by atoms with Gasteiger partial charge in [-0.1, -0.05) is 101 Å². The Hall–Kier alpha value is -1.77. The molecule has 0 aliphatic rings. The zero-order chi connectivity index (χ0) is 22.8. The Morgan fingerprint density at radius 1 is 0.525 bits per heavy atom. The molecule has 0 saturated heterocycles. The number of aryl methyl sites for hydroxylation is 2. The van der Waals surface area contributed by atoms with Crippen LogP contribution in [0.4, 0.5) is 0 Å². The Kier molecular flexibility index (Phi) is 25.2. The Labute approximate surface area is 272 Å². The van der Waals surface area contributed by atoms with Crippen LogP contribution >= 0.6 is 0 Å². The minimum absolute atomic E-state index is 0. The van der Waals surface area contributed by atoms with Crippen LogP contribution in [-0.2, 0) is 52.4 Å². The first-order valence-corrected chi connectivity index (χ1v) is 11.8. The summed E-state index contributed by atoms with van der Waals surface area (Å²) in [5.41, 5.74) is 8.28. The van der Waals surface area contributed by atoms with E-state index in [1.54, 1.807) is 0 Å². The van der Waals surface area contributed by atoms with Gasteiger partial charge in [-0.2, -0.15) is 12.1 Å². The third kappa shape index (κ3) is 10.9. The molecule has 0 bridgehead atoms. The molecule has 0 nitrogen and oxygen atoms in total. The quantitative estimate of drug-likeness (QED) is 0.129. The Morgan fingerprint density at radius 3 is 1.57 bits per heavy atom. The standard InChI is InChI=1S/C16H13.C16H21.6FH.2Zr/c1-12-10-14-8-5-9-15(16(14)11-12)13-6-3-2-4-7-13;1-10(2)13-8-14-6-12(5)7-16(14)15(9-13)11(3)4;;;;;;;;/h2-11H,1H3;6-11H,1-5H3;6*1H;;/q2*-1;;;;;;;2*+4/p-6. The van der Waals surface area contributed by atoms with Crippen molar-refractivity contribution in [2.75, 3.05) is 0 Å². The molecule has 0 heterocycles. The maximum atomic E-state index is 2.39. The van der Waals surface area contributed by atoms with E-state index in [0.717, 1.165) is 0 Å². The average Bonchev–Trinajstić information content (AvgIpc) is 3.34. The van der Waals surface area contributed by atoms with E-state index in [2.05, 4.69) is 126 Å². The predicted molar refractivity (Wildman–Crippen MR) is 142 cm³/mol. The van der Waals surface area contributed by atoms with Crippen molar-refractivity contribution in [3.63, 3.8) is 0 Å². The van der Waals surface area contributed by atoms with Crippen LogP contribution in [0.15, 0.2) is 84.9 Å². The summed E-state index contributed by atoms with van der Waals surface area (Å²) in [5.74, 6) is 1.21. The van der Waals surface area contributed by atoms with Crippen molar-refractivity contribution in [2.45, 2.75) is 53.4 Å². The molecule has 0 aliphatic heterocycles. The first-order valence-electron chi connectivity index (χ1n) is 11.8. The van der Waals surface area contributed by atoms with Crippen LogP contribution in [-0.4, -0.2) is 0 Å². The molecule has 8 heteroatoms. The van der Waals surface area contributed by atoms with Crippen molar-refractivity contribution in [3.8, 4) is 11.1 Å². The second kappa shape index (κ2) is 21.0. The maximum Gasteiger partial charge on any atom is 4.00 e. The van der Waals surface area contributed by atoms with E-state index in [0.29, 0.717) is 11.8 Å². The molecule has 0 aliphatic carbocycles. The monoisotopic (exact) mass is 712 g/mol. The fourth-order valence-corrected chi connectivity index (χ4v) is 4.59. The molecule has 5 rings (SSSR count). The van der Waals surface area contributed by atoms with E-state index in [-0.39, 0.29) is 80.6 Å². The van der Waals surface area contributed by atoms with Crippen molar-refractivity contribution >= 4 is 21.5 Å². The summed E-state index contributed by atoms with van der Waals surface area (Å²) in [5, 5.41) is 5.54. The normalized spacial score (nSPS) is 9.10. The van der Waals surface area contributed by atoms with Crippen molar-refractivity contribution in [1.29, 1.82) is 0 Å². The Balaban J connectivity index is -0.000000170. The molecule has 212 valence electrons. The summed E-state index contributed by atoms with van der Waals surface area (Å²) in [7, 11) is 0. The SMILES string of the molecule is Cc1cc2c(-c3ccccc3)cccc2[cH-]1.Cc1cc2c(C(C)C)cc(C(C)C)cc2[cH-]1.[F-].[F-].[F-].[F-].[F-].[F-].[Zr+4].[Zr+4]. The van der Waals surface area contributed by atoms with Gasteiger partial charge >= 0.3 is 52.4 Å². The molecule has 0 fully saturated rings. The molecule has 5 aromatic carbocycles. The Morgan fingerprint density at radius 2 is 1.05 bits per heavy atom. The van der Waals surface area contributed by atoms with E-state index < -0.39 is 0 Å². The molecule has 0 radical (unpaired) electrons. The van der Waals surface area contributed by atoms with E-state index >= 15 is 0 Å². The van der Waals surface area contributed by atoms with Crippen LogP contribution in [0.5, 0.6) is 0 Å². The molecule has 0 spiro atoms. The van der Waals surface area contributed by atoms with Crippen molar-refractivity contribution in [3.05, 3.63) is 107 Å². The number of rotatable bonds is 3. The maximum absolute atomic E-state index is 2.39. The van der Waals surface area contributed by atoms with Gasteiger partial charge in [-0.15, -0.1) is 63.0 Å². The first kappa shape index (κ1) is 48.0. The summed E-state index contributed by atoms with van der Waals surface area (Å²) in [6.07, 6.45) is 0. The molecule has 5 aromatic rings. The zero-order valence-electron chi connectivity index (χ0n) is 23.5. The first-order chi connectivity index (χ1) is 15.3. The molecule has 0 saturated carbocycles. The van der Waals surface area contributed by atoms with Gasteiger partial charge in [0.2, 0.25) is 0 Å². The van der Waals surface area contributed by atoms with Gasteiger partial charge in [0.1, 0.15) is 0 Å². The fraction of sp³-hybridized carbons (Fsp3) is 0.250. The van der Waals surface area contributed by atoms with Crippen LogP contribution < -0.4 is 28.2 Å². The van der Waals surface area contributed by atoms with E-state index in [4.69, 9.17) is 0 Å². The van der Waals surface area contributed by atoms with Crippen molar-refractivity contribution < 1.29 is 80.6 Å². The van der Waals surface area contributed by atoms with Gasteiger partial charge in [0.25, 0.3) is 0 Å². The minimum atomic E-state index is 0. The third-order valence-corrected chi connectivity index (χ3v) is 6.29. The molecule has 0 amide bonds. The molecule has 0 N–H and O–H groups in total. The summed E-state index contributed by atoms with van der Waals surface area (Å²) >= 11 is 0. The minimum Gasteiger partial charge on any atom is -1.00 e. The number of fused-ring (bicyclic) bond motifs is 2. The zero-order valence-corrected chi connectivity index (χ0v) is 28.4. The topological polar surface area (TPSA) is 0 Å². The molecular weight excluding hydrogens is 681 g/mol. The van der Waals surface area contributed by atoms with Gasteiger partial charge < -0.3 is 28.2 Å². The Bertz CT molecular complexity index is 1360. The molecule has 0 atom stereocenters. The summed E-state index contributed by atoms with van der Waals surface area (Å²) < 4.78 is 0. The smallest absolute Gasteiger partial charge is 1.00 e. The second-order valence-corrected chi connectivity index (χ2v) is 9.66. The van der Waals surface area contributed by atoms with E-state index in [1.807, 2.05) is 0 Å². The van der Waals surface area contributed by atoms with E-state index in [9.17, 15) is 0 Å². The second-order valence-electron chi connectivity index (χ2n) is 9.66. The summed E-state index contributed by atoms with van der Waals surface area (Å²) in [6, 6.07) is 30.9. The van der Waals surface area contributed by atoms with E-state index in [1.165, 1.54) is 54.9 Å². The number of hydrogen-bond donors (Lipinski definition) is 0. The van der Waals surface area contributed by atoms with Gasteiger partial charge in [-0.05, 0) is 17.4 Å². The average molecular weight is 715 g/mol. The summed E-state index contributed by atoms with van der Waals surface area (Å²) in [4.78, 5) is 0. The van der Waals surface area contributed by atoms with Gasteiger partial charge in [0.05, 0.1) is 0 Å². The molecule has 0 unspecified atom stereocenters. The number of benzene rings is 3. The van der Waals surface area contributed by atoms with Crippen LogP contribution in [0.3, 0.4) is 0 Å². The number of hydrogen-bond acceptors (Lipinski definition) is 0. The predicted octanol–water partition coefficient (Wildman–Crippen LogP) is -8.33. The van der Waals surface area contributed by atoms with Gasteiger partial charge in [-0.25, -0.2) is 0 Å². The fourth-order valence-electron chi connectivity index (χ4n) is 4.59. The molecule has 0 aromatic heterocycles. The van der Waals surface area contributed by atoms with Crippen LogP contribution in [0, 0.1) is 13.8 Å². The van der Waals surface area contributed by atoms with Crippen molar-refractivity contribution in [2.24, 2.45) is 0 Å².